The Kier molecular flexibility index (Phi) is 6.51. The van der Waals surface area contributed by atoms with Crippen molar-refractivity contribution in [3.8, 4) is 0 Å². The molecule has 1 rings (SSSR count). The summed E-state index contributed by atoms with van der Waals surface area (Å²) in [5.74, 6) is 0. The Morgan fingerprint density at radius 3 is 2.09 bits per heavy atom. The van der Waals surface area contributed by atoms with E-state index in [0.717, 1.165) is 19.8 Å². The molecule has 3 nitrogen and oxygen atoms in total. The van der Waals surface area contributed by atoms with Crippen LogP contribution in [0.25, 0.3) is 0 Å². The molecule has 3 heteroatoms. The second-order valence-corrected chi connectivity index (χ2v) is 3.27. The summed E-state index contributed by atoms with van der Waals surface area (Å²) < 4.78 is 5.12. The van der Waals surface area contributed by atoms with Gasteiger partial charge in [-0.1, -0.05) is 0 Å². The van der Waals surface area contributed by atoms with Crippen molar-refractivity contribution in [3.05, 3.63) is 0 Å². The van der Waals surface area contributed by atoms with Gasteiger partial charge in [0.2, 0.25) is 0 Å². The number of rotatable bonds is 0. The van der Waals surface area contributed by atoms with Crippen molar-refractivity contribution in [1.82, 2.24) is 10.2 Å². The fourth-order valence-electron chi connectivity index (χ4n) is 0.697. The molecule has 1 saturated heterocycles. The van der Waals surface area contributed by atoms with Gasteiger partial charge in [-0.2, -0.15) is 0 Å². The smallest absolute Gasteiger partial charge is 0.0617 e. The summed E-state index contributed by atoms with van der Waals surface area (Å²) in [6, 6.07) is 0.564. The van der Waals surface area contributed by atoms with Crippen molar-refractivity contribution in [2.45, 2.75) is 13.0 Å². The molecule has 0 amide bonds. The average molecular weight is 160 g/mol. The summed E-state index contributed by atoms with van der Waals surface area (Å²) in [6.07, 6.45) is 0. The minimum absolute atomic E-state index is 0.564. The maximum absolute atomic E-state index is 5.12. The van der Waals surface area contributed by atoms with Crippen LogP contribution >= 0.6 is 0 Å². The Hall–Kier alpha value is -0.120. The van der Waals surface area contributed by atoms with E-state index in [9.17, 15) is 0 Å². The van der Waals surface area contributed by atoms with E-state index < -0.39 is 0 Å². The summed E-state index contributed by atoms with van der Waals surface area (Å²) in [5, 5.41) is 3.26. The topological polar surface area (TPSA) is 24.5 Å². The minimum atomic E-state index is 0.564. The zero-order valence-corrected chi connectivity index (χ0v) is 8.05. The van der Waals surface area contributed by atoms with Crippen molar-refractivity contribution in [2.24, 2.45) is 0 Å². The van der Waals surface area contributed by atoms with E-state index >= 15 is 0 Å². The molecular weight excluding hydrogens is 140 g/mol. The highest BCUT2D eigenvalue weighted by Crippen LogP contribution is 1.88. The summed E-state index contributed by atoms with van der Waals surface area (Å²) in [5.41, 5.74) is 0. The van der Waals surface area contributed by atoms with E-state index in [4.69, 9.17) is 4.74 Å². The molecule has 68 valence electrons. The number of nitrogens with one attached hydrogen (secondary N) is 1. The van der Waals surface area contributed by atoms with Crippen LogP contribution in [0.3, 0.4) is 0 Å². The van der Waals surface area contributed by atoms with E-state index in [1.165, 1.54) is 0 Å². The van der Waals surface area contributed by atoms with Crippen molar-refractivity contribution in [1.29, 1.82) is 0 Å². The number of hydrogen-bond donors (Lipinski definition) is 1. The molecule has 1 aliphatic heterocycles. The van der Waals surface area contributed by atoms with Gasteiger partial charge < -0.3 is 15.0 Å². The van der Waals surface area contributed by atoms with Gasteiger partial charge in [0.1, 0.15) is 0 Å². The average Bonchev–Trinajstić information content (AvgIpc) is 1.87. The zero-order valence-electron chi connectivity index (χ0n) is 8.05. The van der Waals surface area contributed by atoms with E-state index in [2.05, 4.69) is 12.2 Å². The summed E-state index contributed by atoms with van der Waals surface area (Å²) in [4.78, 5) is 2.00. The number of ether oxygens (including phenoxy) is 1. The standard InChI is InChI=1S/C5H11NO.C3H9N/c1-5-4-7-3-2-6-5;1-4(2)3/h5-6H,2-4H2,1H3;1-3H3/t5-;/m0./s1. The Labute approximate surface area is 69.7 Å². The number of nitrogens with zero attached hydrogens (tertiary/aromatic N) is 1. The van der Waals surface area contributed by atoms with Gasteiger partial charge in [0.15, 0.2) is 0 Å². The van der Waals surface area contributed by atoms with Gasteiger partial charge in [-0.15, -0.1) is 0 Å². The molecule has 0 aromatic carbocycles. The molecule has 0 unspecified atom stereocenters. The number of morpholine rings is 1. The van der Waals surface area contributed by atoms with Crippen molar-refractivity contribution in [3.63, 3.8) is 0 Å². The predicted octanol–water partition coefficient (Wildman–Crippen LogP) is 0.173. The summed E-state index contributed by atoms with van der Waals surface area (Å²) >= 11 is 0. The third-order valence-corrected chi connectivity index (χ3v) is 1.11. The molecule has 0 aliphatic carbocycles. The first-order chi connectivity index (χ1) is 5.13. The van der Waals surface area contributed by atoms with Crippen LogP contribution in [-0.2, 0) is 4.74 Å². The second-order valence-electron chi connectivity index (χ2n) is 3.27. The van der Waals surface area contributed by atoms with Crippen LogP contribution < -0.4 is 5.32 Å². The van der Waals surface area contributed by atoms with Gasteiger partial charge >= 0.3 is 0 Å². The SMILES string of the molecule is CN(C)C.C[C@H]1COCCN1. The fourth-order valence-corrected chi connectivity index (χ4v) is 0.697. The van der Waals surface area contributed by atoms with E-state index in [0.29, 0.717) is 6.04 Å². The third kappa shape index (κ3) is 9.88. The maximum atomic E-state index is 5.12. The maximum Gasteiger partial charge on any atom is 0.0617 e. The molecule has 1 heterocycles. The Morgan fingerprint density at radius 1 is 1.36 bits per heavy atom. The molecule has 0 spiro atoms. The fraction of sp³-hybridized carbons (Fsp3) is 1.00. The highest BCUT2D eigenvalue weighted by molar-refractivity contribution is 4.62. The first-order valence-electron chi connectivity index (χ1n) is 4.05. The van der Waals surface area contributed by atoms with Crippen molar-refractivity contribution in [2.75, 3.05) is 40.9 Å². The number of hydrogen-bond acceptors (Lipinski definition) is 3. The van der Waals surface area contributed by atoms with Crippen LogP contribution in [0.5, 0.6) is 0 Å². The molecule has 1 fully saturated rings. The van der Waals surface area contributed by atoms with Crippen LogP contribution in [0.15, 0.2) is 0 Å². The molecular formula is C8H20N2O. The van der Waals surface area contributed by atoms with Crippen molar-refractivity contribution < 1.29 is 4.74 Å². The minimum Gasteiger partial charge on any atom is -0.379 e. The quantitative estimate of drug-likeness (QED) is 0.547. The monoisotopic (exact) mass is 160 g/mol. The van der Waals surface area contributed by atoms with Gasteiger partial charge in [0.25, 0.3) is 0 Å². The third-order valence-electron chi connectivity index (χ3n) is 1.11. The highest BCUT2D eigenvalue weighted by Gasteiger charge is 2.04. The largest absolute Gasteiger partial charge is 0.379 e. The molecule has 1 atom stereocenters. The molecule has 0 radical (unpaired) electrons. The lowest BCUT2D eigenvalue weighted by atomic mass is 10.3. The van der Waals surface area contributed by atoms with Crippen LogP contribution in [-0.4, -0.2) is 51.8 Å². The molecule has 1 N–H and O–H groups in total. The first kappa shape index (κ1) is 10.9. The van der Waals surface area contributed by atoms with Gasteiger partial charge in [-0.3, -0.25) is 0 Å². The highest BCUT2D eigenvalue weighted by atomic mass is 16.5. The van der Waals surface area contributed by atoms with Crippen molar-refractivity contribution >= 4 is 0 Å². The molecule has 0 aromatic rings. The van der Waals surface area contributed by atoms with Gasteiger partial charge in [-0.25, -0.2) is 0 Å². The van der Waals surface area contributed by atoms with Crippen LogP contribution in [0.2, 0.25) is 0 Å². The lowest BCUT2D eigenvalue weighted by molar-refractivity contribution is 0.0824. The van der Waals surface area contributed by atoms with E-state index in [1.807, 2.05) is 26.0 Å². The molecule has 1 aliphatic rings. The second kappa shape index (κ2) is 6.58. The molecule has 0 bridgehead atoms. The summed E-state index contributed by atoms with van der Waals surface area (Å²) in [7, 11) is 6.00. The van der Waals surface area contributed by atoms with Gasteiger partial charge in [-0.05, 0) is 28.1 Å². The predicted molar refractivity (Wildman–Crippen MR) is 47.9 cm³/mol. The van der Waals surface area contributed by atoms with Crippen LogP contribution in [0, 0.1) is 0 Å². The van der Waals surface area contributed by atoms with E-state index in [1.54, 1.807) is 0 Å². The van der Waals surface area contributed by atoms with Gasteiger partial charge in [0.05, 0.1) is 13.2 Å². The zero-order chi connectivity index (χ0) is 8.69. The van der Waals surface area contributed by atoms with Crippen LogP contribution in [0.4, 0.5) is 0 Å². The first-order valence-corrected chi connectivity index (χ1v) is 4.05. The van der Waals surface area contributed by atoms with Gasteiger partial charge in [0, 0.05) is 12.6 Å². The Bertz CT molecular complexity index is 77.4. The Morgan fingerprint density at radius 2 is 1.91 bits per heavy atom. The lowest BCUT2D eigenvalue weighted by Crippen LogP contribution is -2.38. The molecule has 0 aromatic heterocycles. The van der Waals surface area contributed by atoms with Crippen LogP contribution in [0.1, 0.15) is 6.92 Å². The molecule has 0 saturated carbocycles. The Balaban J connectivity index is 0.000000218. The van der Waals surface area contributed by atoms with E-state index in [-0.39, 0.29) is 0 Å². The lowest BCUT2D eigenvalue weighted by Gasteiger charge is -2.19. The molecule has 11 heavy (non-hydrogen) atoms. The summed E-state index contributed by atoms with van der Waals surface area (Å²) in [6.45, 7) is 4.89. The normalized spacial score (nSPS) is 24.3.